The first-order chi connectivity index (χ1) is 20.4. The molecule has 0 atom stereocenters. The van der Waals surface area contributed by atoms with E-state index in [1.807, 2.05) is 26.8 Å². The van der Waals surface area contributed by atoms with Crippen molar-refractivity contribution in [3.8, 4) is 0 Å². The number of ether oxygens (including phenoxy) is 1. The molecule has 43 heavy (non-hydrogen) atoms. The maximum Gasteiger partial charge on any atom is 0.157 e. The van der Waals surface area contributed by atoms with E-state index in [-0.39, 0.29) is 11.3 Å². The second-order valence-corrected chi connectivity index (χ2v) is 9.56. The molecule has 1 N–H and O–H groups in total. The monoisotopic (exact) mass is 611 g/mol. The molecule has 0 bridgehead atoms. The summed E-state index contributed by atoms with van der Waals surface area (Å²) in [4.78, 5) is 14.7. The summed E-state index contributed by atoms with van der Waals surface area (Å²) in [5.41, 5.74) is 4.34. The number of nitrogens with zero attached hydrogens (tertiary/aromatic N) is 2. The lowest BCUT2D eigenvalue weighted by Gasteiger charge is -2.26. The highest BCUT2D eigenvalue weighted by molar-refractivity contribution is 6.31. The average molecular weight is 612 g/mol. The summed E-state index contributed by atoms with van der Waals surface area (Å²) in [7, 11) is 3.27. The minimum atomic E-state index is -0.760. The summed E-state index contributed by atoms with van der Waals surface area (Å²) in [5.74, 6) is 0.556. The third kappa shape index (κ3) is 11.2. The van der Waals surface area contributed by atoms with Gasteiger partial charge in [-0.2, -0.15) is 0 Å². The Hall–Kier alpha value is -4.19. The third-order valence-electron chi connectivity index (χ3n) is 6.25. The minimum absolute atomic E-state index is 0.0583. The summed E-state index contributed by atoms with van der Waals surface area (Å²) in [6.07, 6.45) is 10.4. The largest absolute Gasteiger partial charge is 0.499 e. The highest BCUT2D eigenvalue weighted by atomic mass is 35.5. The van der Waals surface area contributed by atoms with Crippen LogP contribution in [0, 0.1) is 17.6 Å². The molecule has 2 rings (SSSR count). The second kappa shape index (κ2) is 19.8. The number of allylic oxidation sites excluding steroid dienone is 9. The van der Waals surface area contributed by atoms with Gasteiger partial charge < -0.3 is 15.0 Å². The number of nitrogens with one attached hydrogen (secondary N) is 1. The van der Waals surface area contributed by atoms with Crippen molar-refractivity contribution in [3.63, 3.8) is 0 Å². The summed E-state index contributed by atoms with van der Waals surface area (Å²) in [5, 5.41) is 3.28. The maximum absolute atomic E-state index is 15.7. The van der Waals surface area contributed by atoms with Gasteiger partial charge in [0.2, 0.25) is 0 Å². The molecule has 0 saturated heterocycles. The van der Waals surface area contributed by atoms with Crippen molar-refractivity contribution in [1.29, 1.82) is 0 Å². The lowest BCUT2D eigenvalue weighted by molar-refractivity contribution is 0.290. The van der Waals surface area contributed by atoms with Gasteiger partial charge in [0.05, 0.1) is 24.1 Å². The standard InChI is InChI=1S/C31H36ClF2N3O.C2H2O.C2H6/c1-10-24(32)17-28(22(7)38-9)36-26-14-13-25(33)30(31(26)34)23-12-15-29(37(11-2)18-23)21(6)20(5)16-27(35-8)19(3)4;1-2-3;1-2/h10-15,17-19,36H,1-2,5,16H2,3-4,6-9H3;1H2;1-2H3/b24-17+,28-22-,29-21+,35-27?;;. The van der Waals surface area contributed by atoms with Crippen molar-refractivity contribution in [2.45, 2.75) is 48.0 Å². The zero-order chi connectivity index (χ0) is 33.3. The van der Waals surface area contributed by atoms with Crippen molar-refractivity contribution < 1.29 is 18.3 Å². The number of hydrogen-bond acceptors (Lipinski definition) is 5. The Balaban J connectivity index is 0.00000331. The smallest absolute Gasteiger partial charge is 0.157 e. The number of anilines is 1. The molecule has 0 radical (unpaired) electrons. The van der Waals surface area contributed by atoms with E-state index in [2.05, 4.69) is 50.5 Å². The van der Waals surface area contributed by atoms with Crippen LogP contribution in [0.2, 0.25) is 0 Å². The Morgan fingerprint density at radius 2 is 1.81 bits per heavy atom. The Bertz CT molecular complexity index is 1390. The van der Waals surface area contributed by atoms with Crippen LogP contribution in [-0.2, 0) is 9.53 Å². The Morgan fingerprint density at radius 3 is 2.30 bits per heavy atom. The first-order valence-corrected chi connectivity index (χ1v) is 14.1. The van der Waals surface area contributed by atoms with Gasteiger partial charge in [0.25, 0.3) is 0 Å². The van der Waals surface area contributed by atoms with Crippen LogP contribution in [0.5, 0.6) is 0 Å². The topological polar surface area (TPSA) is 53.9 Å². The molecule has 1 aliphatic rings. The number of benzene rings is 1. The predicted molar refractivity (Wildman–Crippen MR) is 180 cm³/mol. The van der Waals surface area contributed by atoms with Gasteiger partial charge in [0.1, 0.15) is 17.5 Å². The number of methoxy groups -OCH3 is 1. The highest BCUT2D eigenvalue weighted by Crippen LogP contribution is 2.34. The van der Waals surface area contributed by atoms with E-state index in [9.17, 15) is 0 Å². The molecule has 232 valence electrons. The molecule has 1 aromatic carbocycles. The number of halogens is 3. The van der Waals surface area contributed by atoms with Crippen molar-refractivity contribution in [2.24, 2.45) is 10.9 Å². The number of carbonyl (C=O) groups excluding carboxylic acids is 1. The lowest BCUT2D eigenvalue weighted by Crippen LogP contribution is -2.16. The van der Waals surface area contributed by atoms with Crippen LogP contribution in [0.25, 0.3) is 5.57 Å². The Kier molecular flexibility index (Phi) is 17.9. The molecular weight excluding hydrogens is 568 g/mol. The van der Waals surface area contributed by atoms with E-state index in [4.69, 9.17) is 21.1 Å². The molecule has 0 aliphatic carbocycles. The van der Waals surface area contributed by atoms with Crippen molar-refractivity contribution in [3.05, 3.63) is 126 Å². The first-order valence-electron chi connectivity index (χ1n) is 13.7. The van der Waals surface area contributed by atoms with E-state index in [1.54, 1.807) is 43.4 Å². The van der Waals surface area contributed by atoms with Gasteiger partial charge in [-0.15, -0.1) is 0 Å². The average Bonchev–Trinajstić information content (AvgIpc) is 3.00. The second-order valence-electron chi connectivity index (χ2n) is 9.13. The summed E-state index contributed by atoms with van der Waals surface area (Å²) >= 11 is 6.10. The fourth-order valence-corrected chi connectivity index (χ4v) is 3.91. The van der Waals surface area contributed by atoms with Gasteiger partial charge in [-0.3, -0.25) is 4.99 Å². The molecule has 0 spiro atoms. The highest BCUT2D eigenvalue weighted by Gasteiger charge is 2.22. The normalized spacial score (nSPS) is 14.6. The Morgan fingerprint density at radius 1 is 1.21 bits per heavy atom. The maximum atomic E-state index is 15.7. The third-order valence-corrected chi connectivity index (χ3v) is 6.51. The van der Waals surface area contributed by atoms with Crippen LogP contribution >= 0.6 is 11.6 Å². The first kappa shape index (κ1) is 38.8. The van der Waals surface area contributed by atoms with Crippen LogP contribution in [0.1, 0.15) is 53.5 Å². The van der Waals surface area contributed by atoms with E-state index in [1.165, 1.54) is 31.3 Å². The van der Waals surface area contributed by atoms with E-state index < -0.39 is 11.6 Å². The number of hydrogen-bond donors (Lipinski definition) is 1. The van der Waals surface area contributed by atoms with Crippen LogP contribution in [0.3, 0.4) is 0 Å². The fraction of sp³-hybridized carbons (Fsp3) is 0.286. The van der Waals surface area contributed by atoms with Crippen LogP contribution in [0.4, 0.5) is 14.5 Å². The van der Waals surface area contributed by atoms with Crippen LogP contribution < -0.4 is 5.32 Å². The van der Waals surface area contributed by atoms with Gasteiger partial charge in [-0.1, -0.05) is 71.2 Å². The van der Waals surface area contributed by atoms with Crippen molar-refractivity contribution in [2.75, 3.05) is 19.5 Å². The zero-order valence-corrected chi connectivity index (χ0v) is 27.3. The summed E-state index contributed by atoms with van der Waals surface area (Å²) < 4.78 is 36.0. The fourth-order valence-electron chi connectivity index (χ4n) is 3.80. The van der Waals surface area contributed by atoms with Crippen LogP contribution in [-0.4, -0.2) is 30.7 Å². The molecule has 8 heteroatoms. The summed E-state index contributed by atoms with van der Waals surface area (Å²) in [6, 6.07) is 2.54. The SMILES string of the molecule is C=C/C(Cl)=C\C(Nc1ccc(F)c(C2=CN(C=C)/C(=C(\C)C(=C)CC(=NC)C(C)C)C=C2)c1F)=C(/C)OC.C=C=O.CC. The quantitative estimate of drug-likeness (QED) is 0.117. The molecule has 1 heterocycles. The van der Waals surface area contributed by atoms with Gasteiger partial charge in [0, 0.05) is 47.9 Å². The zero-order valence-electron chi connectivity index (χ0n) is 26.6. The van der Waals surface area contributed by atoms with Gasteiger partial charge in [-0.25, -0.2) is 13.6 Å². The van der Waals surface area contributed by atoms with Gasteiger partial charge in [0.15, 0.2) is 5.82 Å². The minimum Gasteiger partial charge on any atom is -0.499 e. The molecule has 0 unspecified atom stereocenters. The lowest BCUT2D eigenvalue weighted by atomic mass is 9.94. The molecule has 5 nitrogen and oxygen atoms in total. The predicted octanol–water partition coefficient (Wildman–Crippen LogP) is 9.90. The molecule has 0 fully saturated rings. The van der Waals surface area contributed by atoms with E-state index in [0.717, 1.165) is 22.6 Å². The number of rotatable bonds is 11. The van der Waals surface area contributed by atoms with E-state index in [0.29, 0.717) is 34.4 Å². The molecule has 1 aliphatic heterocycles. The summed E-state index contributed by atoms with van der Waals surface area (Å²) in [6.45, 7) is 26.3. The molecular formula is C35H44ClF2N3O2. The van der Waals surface area contributed by atoms with Crippen molar-refractivity contribution >= 4 is 34.5 Å². The molecule has 1 aromatic rings. The van der Waals surface area contributed by atoms with Gasteiger partial charge in [-0.05, 0) is 61.8 Å². The number of aliphatic imine (C=N–C) groups is 1. The van der Waals surface area contributed by atoms with E-state index >= 15 is 8.78 Å². The van der Waals surface area contributed by atoms with Gasteiger partial charge >= 0.3 is 0 Å². The molecule has 0 amide bonds. The van der Waals surface area contributed by atoms with Crippen molar-refractivity contribution in [1.82, 2.24) is 4.90 Å². The molecule has 0 aromatic heterocycles. The van der Waals surface area contributed by atoms with Crippen LogP contribution in [0.15, 0.2) is 113 Å². The molecule has 0 saturated carbocycles. The Labute approximate surface area is 261 Å².